The van der Waals surface area contributed by atoms with Crippen molar-refractivity contribution in [1.82, 2.24) is 5.32 Å². The van der Waals surface area contributed by atoms with E-state index in [0.717, 1.165) is 29.7 Å². The smallest absolute Gasteiger partial charge is 0.445 e. The van der Waals surface area contributed by atoms with Crippen LogP contribution in [0.4, 0.5) is 10.5 Å². The fourth-order valence-corrected chi connectivity index (χ4v) is 4.15. The van der Waals surface area contributed by atoms with E-state index >= 15 is 0 Å². The molecule has 1 amide bonds. The molecule has 2 aromatic carbocycles. The normalized spacial score (nSPS) is 19.4. The van der Waals surface area contributed by atoms with Crippen LogP contribution in [0.3, 0.4) is 0 Å². The molecule has 0 saturated carbocycles. The summed E-state index contributed by atoms with van der Waals surface area (Å²) >= 11 is 0. The summed E-state index contributed by atoms with van der Waals surface area (Å²) in [7, 11) is -0.560. The molecule has 0 spiro atoms. The predicted molar refractivity (Wildman–Crippen MR) is 137 cm³/mol. The molecular weight excluding hydrogens is 427 g/mol. The highest BCUT2D eigenvalue weighted by Gasteiger charge is 2.52. The second-order valence-electron chi connectivity index (χ2n) is 10.0. The maximum atomic E-state index is 12.4. The van der Waals surface area contributed by atoms with Crippen molar-refractivity contribution in [2.75, 3.05) is 24.5 Å². The second kappa shape index (κ2) is 10.2. The fraction of sp³-hybridized carbons (Fsp3) is 0.444. The Bertz CT molecular complexity index is 1000. The van der Waals surface area contributed by atoms with E-state index < -0.39 is 24.4 Å². The Kier molecular flexibility index (Phi) is 7.34. The number of ether oxygens (including phenoxy) is 1. The summed E-state index contributed by atoms with van der Waals surface area (Å²) in [5.74, 6) is 0. The van der Waals surface area contributed by atoms with Crippen molar-refractivity contribution >= 4 is 25.0 Å². The van der Waals surface area contributed by atoms with Gasteiger partial charge >= 0.3 is 13.2 Å². The van der Waals surface area contributed by atoms with Crippen molar-refractivity contribution in [1.29, 1.82) is 0 Å². The number of nitrogens with zero attached hydrogens (tertiary/aromatic N) is 1. The lowest BCUT2D eigenvalue weighted by atomic mass is 9.77. The number of alkyl carbamates (subject to hydrolysis) is 1. The second-order valence-corrected chi connectivity index (χ2v) is 10.0. The van der Waals surface area contributed by atoms with E-state index in [-0.39, 0.29) is 13.2 Å². The van der Waals surface area contributed by atoms with Crippen molar-refractivity contribution in [2.45, 2.75) is 58.3 Å². The summed E-state index contributed by atoms with van der Waals surface area (Å²) in [6, 6.07) is 18.1. The third-order valence-electron chi connectivity index (χ3n) is 6.90. The quantitative estimate of drug-likeness (QED) is 0.572. The number of carbonyl (C=O) groups is 1. The molecule has 34 heavy (non-hydrogen) atoms. The lowest BCUT2D eigenvalue weighted by Gasteiger charge is -2.32. The van der Waals surface area contributed by atoms with Crippen LogP contribution in [-0.4, -0.2) is 44.0 Å². The molecule has 2 heterocycles. The first-order chi connectivity index (χ1) is 16.2. The molecule has 2 saturated heterocycles. The van der Waals surface area contributed by atoms with Gasteiger partial charge in [-0.2, -0.15) is 0 Å². The first-order valence-corrected chi connectivity index (χ1v) is 12.1. The van der Waals surface area contributed by atoms with Gasteiger partial charge in [0, 0.05) is 25.3 Å². The number of carbonyl (C=O) groups excluding carboxylic acids is 1. The van der Waals surface area contributed by atoms with Crippen molar-refractivity contribution in [3.05, 3.63) is 71.2 Å². The molecule has 180 valence electrons. The van der Waals surface area contributed by atoms with Crippen molar-refractivity contribution in [3.8, 4) is 0 Å². The maximum absolute atomic E-state index is 12.4. The van der Waals surface area contributed by atoms with E-state index in [4.69, 9.17) is 14.0 Å². The van der Waals surface area contributed by atoms with Crippen LogP contribution < -0.4 is 10.2 Å². The number of benzene rings is 2. The highest BCUT2D eigenvalue weighted by molar-refractivity contribution is 6.56. The minimum atomic E-state index is -0.560. The Morgan fingerprint density at radius 1 is 1.03 bits per heavy atom. The zero-order valence-electron chi connectivity index (χ0n) is 20.7. The molecule has 0 radical (unpaired) electrons. The van der Waals surface area contributed by atoms with Gasteiger partial charge in [0.2, 0.25) is 0 Å². The van der Waals surface area contributed by atoms with Gasteiger partial charge in [0.15, 0.2) is 0 Å². The first kappa shape index (κ1) is 24.4. The van der Waals surface area contributed by atoms with Crippen LogP contribution in [0.5, 0.6) is 0 Å². The molecule has 2 fully saturated rings. The average Bonchev–Trinajstić information content (AvgIpc) is 3.42. The van der Waals surface area contributed by atoms with E-state index in [9.17, 15) is 4.79 Å². The third kappa shape index (κ3) is 5.83. The summed E-state index contributed by atoms with van der Waals surface area (Å²) in [6.07, 6.45) is 4.04. The minimum Gasteiger partial charge on any atom is -0.445 e. The van der Waals surface area contributed by atoms with Crippen LogP contribution in [0.25, 0.3) is 6.08 Å². The molecule has 2 aromatic rings. The molecule has 6 nitrogen and oxygen atoms in total. The Morgan fingerprint density at radius 2 is 1.71 bits per heavy atom. The van der Waals surface area contributed by atoms with Gasteiger partial charge in [-0.15, -0.1) is 0 Å². The number of hydrogen-bond acceptors (Lipinski definition) is 5. The Labute approximate surface area is 203 Å². The van der Waals surface area contributed by atoms with Gasteiger partial charge in [0.25, 0.3) is 0 Å². The number of anilines is 1. The fourth-order valence-electron chi connectivity index (χ4n) is 4.15. The van der Waals surface area contributed by atoms with E-state index in [1.165, 1.54) is 18.5 Å². The largest absolute Gasteiger partial charge is 0.492 e. The summed E-state index contributed by atoms with van der Waals surface area (Å²) in [5.41, 5.74) is 3.11. The number of rotatable bonds is 7. The molecule has 7 heteroatoms. The SMILES string of the molecule is CC1(C)OB(C(=Cc2cccc(N3CCCC3)c2)CNC(=O)OCc2ccccc2)OC1(C)C. The molecule has 0 atom stereocenters. The molecule has 2 aliphatic rings. The van der Waals surface area contributed by atoms with Crippen LogP contribution in [-0.2, 0) is 20.7 Å². The lowest BCUT2D eigenvalue weighted by Crippen LogP contribution is -2.41. The zero-order chi connectivity index (χ0) is 24.2. The maximum Gasteiger partial charge on any atom is 0.492 e. The minimum absolute atomic E-state index is 0.222. The van der Waals surface area contributed by atoms with Crippen molar-refractivity contribution in [2.24, 2.45) is 0 Å². The predicted octanol–water partition coefficient (Wildman–Crippen LogP) is 5.23. The lowest BCUT2D eigenvalue weighted by molar-refractivity contribution is 0.00578. The molecule has 0 unspecified atom stereocenters. The molecule has 0 aliphatic carbocycles. The number of amides is 1. The Morgan fingerprint density at radius 3 is 2.38 bits per heavy atom. The molecule has 4 rings (SSSR count). The van der Waals surface area contributed by atoms with E-state index in [2.05, 4.69) is 40.6 Å². The molecule has 0 bridgehead atoms. The standard InChI is InChI=1S/C27H35BN2O4/c1-26(2)27(3,4)34-28(33-26)23(19-29-25(31)32-20-21-11-6-5-7-12-21)17-22-13-10-14-24(18-22)30-15-8-9-16-30/h5-7,10-14,17-18H,8-9,15-16,19-20H2,1-4H3,(H,29,31). The van der Waals surface area contributed by atoms with E-state index in [1.807, 2.05) is 58.0 Å². The summed E-state index contributed by atoms with van der Waals surface area (Å²) in [5, 5.41) is 2.87. The van der Waals surface area contributed by atoms with Gasteiger partial charge in [-0.25, -0.2) is 4.79 Å². The topological polar surface area (TPSA) is 60.0 Å². The van der Waals surface area contributed by atoms with E-state index in [0.29, 0.717) is 0 Å². The van der Waals surface area contributed by atoms with Crippen molar-refractivity contribution < 1.29 is 18.8 Å². The van der Waals surface area contributed by atoms with Gasteiger partial charge in [-0.3, -0.25) is 0 Å². The summed E-state index contributed by atoms with van der Waals surface area (Å²) in [4.78, 5) is 14.8. The van der Waals surface area contributed by atoms with Crippen LogP contribution in [0.1, 0.15) is 51.7 Å². The van der Waals surface area contributed by atoms with Crippen LogP contribution in [0.15, 0.2) is 60.1 Å². The Balaban J connectivity index is 1.49. The highest BCUT2D eigenvalue weighted by atomic mass is 16.7. The summed E-state index contributed by atoms with van der Waals surface area (Å²) < 4.78 is 18.0. The van der Waals surface area contributed by atoms with Gasteiger partial charge in [0.05, 0.1) is 11.2 Å². The van der Waals surface area contributed by atoms with Gasteiger partial charge < -0.3 is 24.3 Å². The average molecular weight is 462 g/mol. The van der Waals surface area contributed by atoms with Gasteiger partial charge in [-0.05, 0) is 69.3 Å². The van der Waals surface area contributed by atoms with Crippen molar-refractivity contribution in [3.63, 3.8) is 0 Å². The van der Waals surface area contributed by atoms with Gasteiger partial charge in [-0.1, -0.05) is 48.5 Å². The van der Waals surface area contributed by atoms with Crippen LogP contribution in [0, 0.1) is 0 Å². The molecular formula is C27H35BN2O4. The van der Waals surface area contributed by atoms with Crippen LogP contribution in [0.2, 0.25) is 0 Å². The Hall–Kier alpha value is -2.77. The number of nitrogens with one attached hydrogen (secondary N) is 1. The summed E-state index contributed by atoms with van der Waals surface area (Å²) in [6.45, 7) is 10.8. The first-order valence-electron chi connectivity index (χ1n) is 12.1. The number of hydrogen-bond donors (Lipinski definition) is 1. The van der Waals surface area contributed by atoms with Crippen LogP contribution >= 0.6 is 0 Å². The molecule has 1 N–H and O–H groups in total. The molecule has 0 aromatic heterocycles. The molecule has 2 aliphatic heterocycles. The van der Waals surface area contributed by atoms with Gasteiger partial charge in [0.1, 0.15) is 6.61 Å². The third-order valence-corrected chi connectivity index (χ3v) is 6.90. The monoisotopic (exact) mass is 462 g/mol. The highest BCUT2D eigenvalue weighted by Crippen LogP contribution is 2.39. The van der Waals surface area contributed by atoms with E-state index in [1.54, 1.807) is 0 Å². The zero-order valence-corrected chi connectivity index (χ0v) is 20.7.